The molecule has 17 nitrogen and oxygen atoms in total. The van der Waals surface area contributed by atoms with E-state index in [2.05, 4.69) is 48.5 Å². The zero-order valence-corrected chi connectivity index (χ0v) is 70.3. The van der Waals surface area contributed by atoms with Crippen LogP contribution < -0.4 is 0 Å². The van der Waals surface area contributed by atoms with Crippen molar-refractivity contribution in [3.8, 4) is 0 Å². The van der Waals surface area contributed by atoms with Crippen LogP contribution in [0.5, 0.6) is 0 Å². The summed E-state index contributed by atoms with van der Waals surface area (Å²) >= 11 is 0. The molecule has 0 aliphatic rings. The second-order valence-corrected chi connectivity index (χ2v) is 34.7. The Kier molecular flexibility index (Phi) is 73.7. The van der Waals surface area contributed by atoms with Crippen molar-refractivity contribution in [2.75, 3.05) is 39.6 Å². The van der Waals surface area contributed by atoms with Gasteiger partial charge >= 0.3 is 39.5 Å². The van der Waals surface area contributed by atoms with E-state index in [1.165, 1.54) is 257 Å². The van der Waals surface area contributed by atoms with Gasteiger partial charge in [-0.25, -0.2) is 9.13 Å². The first kappa shape index (κ1) is 102. The summed E-state index contributed by atoms with van der Waals surface area (Å²) < 4.78 is 68.8. The van der Waals surface area contributed by atoms with Crippen LogP contribution in [0.1, 0.15) is 447 Å². The summed E-state index contributed by atoms with van der Waals surface area (Å²) in [4.78, 5) is 73.1. The van der Waals surface area contributed by atoms with Crippen LogP contribution in [0.2, 0.25) is 0 Å². The van der Waals surface area contributed by atoms with E-state index in [0.717, 1.165) is 108 Å². The predicted molar refractivity (Wildman–Crippen MR) is 428 cm³/mol. The van der Waals surface area contributed by atoms with Gasteiger partial charge in [0, 0.05) is 25.7 Å². The molecule has 0 bridgehead atoms. The van der Waals surface area contributed by atoms with Crippen LogP contribution in [0.25, 0.3) is 0 Å². The molecule has 0 aliphatic carbocycles. The van der Waals surface area contributed by atoms with Crippen LogP contribution in [0.4, 0.5) is 0 Å². The second-order valence-electron chi connectivity index (χ2n) is 31.8. The van der Waals surface area contributed by atoms with Gasteiger partial charge in [0.2, 0.25) is 0 Å². The first-order valence-corrected chi connectivity index (χ1v) is 46.9. The number of carbonyl (C=O) groups excluding carboxylic acids is 4. The quantitative estimate of drug-likeness (QED) is 0.0222. The molecule has 0 aromatic carbocycles. The first-order valence-electron chi connectivity index (χ1n) is 43.9. The highest BCUT2D eigenvalue weighted by atomic mass is 31.2. The van der Waals surface area contributed by atoms with Crippen molar-refractivity contribution >= 4 is 39.5 Å². The first-order chi connectivity index (χ1) is 50.3. The summed E-state index contributed by atoms with van der Waals surface area (Å²) in [6.45, 7) is 12.0. The summed E-state index contributed by atoms with van der Waals surface area (Å²) in [6.07, 6.45) is 65.3. The molecular formula is C85H166O17P2. The molecule has 0 fully saturated rings. The van der Waals surface area contributed by atoms with Gasteiger partial charge in [0.1, 0.15) is 19.3 Å². The van der Waals surface area contributed by atoms with Gasteiger partial charge in [-0.15, -0.1) is 0 Å². The normalized spacial score (nSPS) is 14.2. The monoisotopic (exact) mass is 1520 g/mol. The van der Waals surface area contributed by atoms with Gasteiger partial charge in [-0.2, -0.15) is 0 Å². The van der Waals surface area contributed by atoms with Crippen LogP contribution in [0.15, 0.2) is 0 Å². The van der Waals surface area contributed by atoms with Crippen molar-refractivity contribution < 1.29 is 80.2 Å². The van der Waals surface area contributed by atoms with Crippen molar-refractivity contribution in [1.82, 2.24) is 0 Å². The van der Waals surface area contributed by atoms with E-state index in [1.54, 1.807) is 0 Å². The van der Waals surface area contributed by atoms with Crippen LogP contribution in [-0.4, -0.2) is 96.7 Å². The van der Waals surface area contributed by atoms with Crippen molar-refractivity contribution in [2.45, 2.75) is 465 Å². The van der Waals surface area contributed by atoms with E-state index in [1.807, 2.05) is 0 Å². The number of rotatable bonds is 83. The summed E-state index contributed by atoms with van der Waals surface area (Å²) in [7, 11) is -9.92. The Hall–Kier alpha value is -1.94. The lowest BCUT2D eigenvalue weighted by Crippen LogP contribution is -2.30. The van der Waals surface area contributed by atoms with E-state index < -0.39 is 97.5 Å². The standard InChI is InChI=1S/C85H166O17P2/c1-8-10-11-12-13-14-37-45-52-59-66-82(87)95-73-81(102-85(90)69-62-55-48-41-40-44-51-58-65-78(7)9-2)75-100-104(93,94)98-71-79(86)70-97-103(91,92)99-74-80(101-84(89)68-61-54-47-39-34-30-26-22-18-16-20-24-28-32-36-43-50-57-64-77(5)6)72-96-83(88)67-60-53-46-38-33-29-25-21-17-15-19-23-27-31-35-42-49-56-63-76(3)4/h76-81,86H,8-75H2,1-7H3,(H,91,92)(H,93,94)/t78?,79-,80-,81-/m1/s1. The summed E-state index contributed by atoms with van der Waals surface area (Å²) in [5.74, 6) is 0.305. The topological polar surface area (TPSA) is 237 Å². The minimum atomic E-state index is -4.97. The molecule has 0 saturated carbocycles. The Bertz CT molecular complexity index is 2010. The Morgan fingerprint density at radius 2 is 0.490 bits per heavy atom. The minimum absolute atomic E-state index is 0.105. The maximum atomic E-state index is 13.1. The molecule has 0 radical (unpaired) electrons. The lowest BCUT2D eigenvalue weighted by molar-refractivity contribution is -0.161. The predicted octanol–water partition coefficient (Wildman–Crippen LogP) is 25.7. The van der Waals surface area contributed by atoms with Gasteiger partial charge in [-0.3, -0.25) is 37.3 Å². The number of aliphatic hydroxyl groups excluding tert-OH is 1. The number of phosphoric acid groups is 2. The number of unbranched alkanes of at least 4 members (excludes halogenated alkanes) is 50. The average molecular weight is 1520 g/mol. The van der Waals surface area contributed by atoms with Crippen molar-refractivity contribution in [3.05, 3.63) is 0 Å². The smallest absolute Gasteiger partial charge is 0.462 e. The van der Waals surface area contributed by atoms with Crippen LogP contribution in [0.3, 0.4) is 0 Å². The molecule has 618 valence electrons. The second kappa shape index (κ2) is 75.1. The molecule has 104 heavy (non-hydrogen) atoms. The highest BCUT2D eigenvalue weighted by Crippen LogP contribution is 2.45. The Balaban J connectivity index is 5.20. The number of hydrogen-bond acceptors (Lipinski definition) is 15. The number of aliphatic hydroxyl groups is 1. The Labute approximate surface area is 638 Å². The van der Waals surface area contributed by atoms with Gasteiger partial charge in [-0.1, -0.05) is 395 Å². The molecule has 0 aromatic heterocycles. The fourth-order valence-corrected chi connectivity index (χ4v) is 14.7. The van der Waals surface area contributed by atoms with Crippen molar-refractivity contribution in [1.29, 1.82) is 0 Å². The van der Waals surface area contributed by atoms with Gasteiger partial charge in [0.05, 0.1) is 26.4 Å². The zero-order chi connectivity index (χ0) is 76.5. The highest BCUT2D eigenvalue weighted by Gasteiger charge is 2.30. The number of ether oxygens (including phenoxy) is 4. The van der Waals surface area contributed by atoms with Gasteiger partial charge in [-0.05, 0) is 43.4 Å². The molecule has 0 spiro atoms. The third-order valence-electron chi connectivity index (χ3n) is 20.2. The van der Waals surface area contributed by atoms with Crippen molar-refractivity contribution in [2.24, 2.45) is 17.8 Å². The SMILES string of the molecule is CCCCCCCCCCCCC(=O)OC[C@H](COP(=O)(O)OC[C@H](O)COP(=O)(O)OC[C@@H](COC(=O)CCCCCCCCCCCCCCCCCCCCC(C)C)OC(=O)CCCCCCCCCCCCCCCCCCCCC(C)C)OC(=O)CCCCCCCCCCC(C)CC. The maximum absolute atomic E-state index is 13.1. The third-order valence-corrected chi connectivity index (χ3v) is 22.1. The van der Waals surface area contributed by atoms with Crippen LogP contribution in [-0.2, 0) is 65.4 Å². The van der Waals surface area contributed by atoms with Gasteiger partial charge in [0.15, 0.2) is 12.2 Å². The maximum Gasteiger partial charge on any atom is 0.472 e. The summed E-state index contributed by atoms with van der Waals surface area (Å²) in [6, 6.07) is 0. The molecule has 0 saturated heterocycles. The van der Waals surface area contributed by atoms with Crippen LogP contribution >= 0.6 is 15.6 Å². The fraction of sp³-hybridized carbons (Fsp3) is 0.953. The minimum Gasteiger partial charge on any atom is -0.462 e. The van der Waals surface area contributed by atoms with Crippen molar-refractivity contribution in [3.63, 3.8) is 0 Å². The third kappa shape index (κ3) is 76.8. The number of esters is 4. The van der Waals surface area contributed by atoms with E-state index in [0.29, 0.717) is 25.7 Å². The fourth-order valence-electron chi connectivity index (χ4n) is 13.2. The Morgan fingerprint density at radius 1 is 0.279 bits per heavy atom. The molecule has 19 heteroatoms. The molecule has 0 rings (SSSR count). The number of phosphoric ester groups is 2. The van der Waals surface area contributed by atoms with E-state index in [9.17, 15) is 43.2 Å². The molecule has 3 unspecified atom stereocenters. The molecular weight excluding hydrogens is 1350 g/mol. The summed E-state index contributed by atoms with van der Waals surface area (Å²) in [5, 5.41) is 10.7. The average Bonchev–Trinajstić information content (AvgIpc) is 0.912. The lowest BCUT2D eigenvalue weighted by Gasteiger charge is -2.21. The molecule has 3 N–H and O–H groups in total. The zero-order valence-electron chi connectivity index (χ0n) is 68.5. The van der Waals surface area contributed by atoms with Gasteiger partial charge in [0.25, 0.3) is 0 Å². The highest BCUT2D eigenvalue weighted by molar-refractivity contribution is 7.47. The Morgan fingerprint density at radius 3 is 0.731 bits per heavy atom. The van der Waals surface area contributed by atoms with Crippen LogP contribution in [0, 0.1) is 17.8 Å². The lowest BCUT2D eigenvalue weighted by atomic mass is 9.99. The molecule has 0 aliphatic heterocycles. The number of hydrogen-bond donors (Lipinski definition) is 3. The van der Waals surface area contributed by atoms with Gasteiger partial charge < -0.3 is 33.8 Å². The van der Waals surface area contributed by atoms with E-state index in [-0.39, 0.29) is 25.7 Å². The van der Waals surface area contributed by atoms with E-state index in [4.69, 9.17) is 37.0 Å². The molecule has 0 amide bonds. The summed E-state index contributed by atoms with van der Waals surface area (Å²) in [5.41, 5.74) is 0. The molecule has 0 heterocycles. The van der Waals surface area contributed by atoms with E-state index >= 15 is 0 Å². The molecule has 6 atom stereocenters. The largest absolute Gasteiger partial charge is 0.472 e. The number of carbonyl (C=O) groups is 4. The molecule has 0 aromatic rings.